The third-order valence-corrected chi connectivity index (χ3v) is 4.39. The third-order valence-electron chi connectivity index (χ3n) is 3.48. The maximum absolute atomic E-state index is 12.2. The molecule has 1 heterocycles. The quantitative estimate of drug-likeness (QED) is 0.822. The van der Waals surface area contributed by atoms with Crippen molar-refractivity contribution < 1.29 is 19.4 Å². The number of ether oxygens (including phenoxy) is 2. The number of phenols is 1. The Kier molecular flexibility index (Phi) is 4.95. The lowest BCUT2D eigenvalue weighted by Crippen LogP contribution is -2.19. The van der Waals surface area contributed by atoms with Crippen LogP contribution in [0.5, 0.6) is 17.2 Å². The van der Waals surface area contributed by atoms with Crippen molar-refractivity contribution >= 4 is 34.6 Å². The minimum atomic E-state index is -0.277. The summed E-state index contributed by atoms with van der Waals surface area (Å²) in [6, 6.07) is 12.1. The number of amidine groups is 1. The highest BCUT2D eigenvalue weighted by atomic mass is 32.2. The molecular weight excluding hydrogens is 340 g/mol. The minimum absolute atomic E-state index is 0.0665. The molecular formula is C18H16N2O4S. The van der Waals surface area contributed by atoms with Gasteiger partial charge in [0.25, 0.3) is 5.91 Å². The zero-order valence-corrected chi connectivity index (χ0v) is 14.5. The first-order valence-electron chi connectivity index (χ1n) is 7.40. The molecule has 0 bridgehead atoms. The number of aromatic hydroxyl groups is 1. The van der Waals surface area contributed by atoms with Gasteiger partial charge in [-0.1, -0.05) is 12.1 Å². The lowest BCUT2D eigenvalue weighted by atomic mass is 10.1. The fraction of sp³-hybridized carbons (Fsp3) is 0.111. The van der Waals surface area contributed by atoms with E-state index in [1.807, 2.05) is 12.1 Å². The van der Waals surface area contributed by atoms with Gasteiger partial charge in [0, 0.05) is 5.56 Å². The van der Waals surface area contributed by atoms with E-state index in [-0.39, 0.29) is 11.7 Å². The fourth-order valence-corrected chi connectivity index (χ4v) is 3.05. The summed E-state index contributed by atoms with van der Waals surface area (Å²) in [4.78, 5) is 17.0. The molecule has 25 heavy (non-hydrogen) atoms. The van der Waals surface area contributed by atoms with E-state index in [0.717, 1.165) is 0 Å². The van der Waals surface area contributed by atoms with E-state index in [4.69, 9.17) is 9.47 Å². The summed E-state index contributed by atoms with van der Waals surface area (Å²) in [7, 11) is 3.11. The van der Waals surface area contributed by atoms with E-state index in [2.05, 4.69) is 10.3 Å². The van der Waals surface area contributed by atoms with Crippen molar-refractivity contribution in [3.05, 3.63) is 52.9 Å². The van der Waals surface area contributed by atoms with Gasteiger partial charge in [-0.25, -0.2) is 4.99 Å². The van der Waals surface area contributed by atoms with Gasteiger partial charge in [0.05, 0.1) is 19.1 Å². The van der Waals surface area contributed by atoms with Crippen LogP contribution >= 0.6 is 11.8 Å². The molecule has 1 aliphatic rings. The highest BCUT2D eigenvalue weighted by Crippen LogP contribution is 2.33. The van der Waals surface area contributed by atoms with Gasteiger partial charge in [-0.05, 0) is 48.2 Å². The molecule has 0 unspecified atom stereocenters. The van der Waals surface area contributed by atoms with Crippen LogP contribution < -0.4 is 14.8 Å². The molecule has 0 saturated carbocycles. The van der Waals surface area contributed by atoms with Crippen LogP contribution in [0.25, 0.3) is 6.08 Å². The number of phenolic OH excluding ortho intramolecular Hbond substituents is 1. The first-order valence-corrected chi connectivity index (χ1v) is 8.22. The molecule has 0 aromatic heterocycles. The van der Waals surface area contributed by atoms with Gasteiger partial charge >= 0.3 is 0 Å². The molecule has 6 nitrogen and oxygen atoms in total. The lowest BCUT2D eigenvalue weighted by Gasteiger charge is -2.04. The topological polar surface area (TPSA) is 80.2 Å². The summed E-state index contributed by atoms with van der Waals surface area (Å²) in [5.41, 5.74) is 1.12. The number of para-hydroxylation sites is 2. The number of methoxy groups -OCH3 is 2. The standard InChI is InChI=1S/C18H16N2O4S/c1-23-12-7-8-14(21)11(9-12)10-16-17(22)20-18(25-16)19-13-5-3-4-6-15(13)24-2/h3-10,21H,1-2H3,(H,19,20,22)/b16-10+. The second kappa shape index (κ2) is 7.31. The summed E-state index contributed by atoms with van der Waals surface area (Å²) >= 11 is 1.19. The van der Waals surface area contributed by atoms with Crippen molar-refractivity contribution in [2.75, 3.05) is 14.2 Å². The highest BCUT2D eigenvalue weighted by molar-refractivity contribution is 8.18. The Bertz CT molecular complexity index is 877. The Labute approximate surface area is 149 Å². The number of thioether (sulfide) groups is 1. The van der Waals surface area contributed by atoms with Gasteiger partial charge in [-0.15, -0.1) is 0 Å². The Balaban J connectivity index is 1.89. The monoisotopic (exact) mass is 356 g/mol. The zero-order valence-electron chi connectivity index (χ0n) is 13.6. The van der Waals surface area contributed by atoms with Crippen LogP contribution in [0.4, 0.5) is 5.69 Å². The van der Waals surface area contributed by atoms with Gasteiger partial charge in [0.15, 0.2) is 5.17 Å². The zero-order chi connectivity index (χ0) is 17.8. The van der Waals surface area contributed by atoms with E-state index in [0.29, 0.717) is 32.8 Å². The number of carbonyl (C=O) groups is 1. The third kappa shape index (κ3) is 3.77. The van der Waals surface area contributed by atoms with Crippen molar-refractivity contribution in [1.29, 1.82) is 0 Å². The number of nitrogens with one attached hydrogen (secondary N) is 1. The second-order valence-corrected chi connectivity index (χ2v) is 6.11. The summed E-state index contributed by atoms with van der Waals surface area (Å²) in [5.74, 6) is 1.00. The number of hydrogen-bond acceptors (Lipinski definition) is 6. The summed E-state index contributed by atoms with van der Waals surface area (Å²) in [5, 5.41) is 13.1. The SMILES string of the molecule is COc1ccc(O)c(/C=C2/SC(=Nc3ccccc3OC)NC2=O)c1. The molecule has 1 saturated heterocycles. The van der Waals surface area contributed by atoms with Crippen molar-refractivity contribution in [3.63, 3.8) is 0 Å². The number of rotatable bonds is 4. The Morgan fingerprint density at radius 3 is 2.72 bits per heavy atom. The first-order chi connectivity index (χ1) is 12.1. The van der Waals surface area contributed by atoms with Gasteiger partial charge in [-0.3, -0.25) is 4.79 Å². The molecule has 1 aliphatic heterocycles. The van der Waals surface area contributed by atoms with Crippen LogP contribution in [0.1, 0.15) is 5.56 Å². The Hall–Kier alpha value is -2.93. The van der Waals surface area contributed by atoms with E-state index < -0.39 is 0 Å². The smallest absolute Gasteiger partial charge is 0.264 e. The van der Waals surface area contributed by atoms with Crippen molar-refractivity contribution in [3.8, 4) is 17.2 Å². The summed E-state index contributed by atoms with van der Waals surface area (Å²) in [6.07, 6.45) is 1.60. The lowest BCUT2D eigenvalue weighted by molar-refractivity contribution is -0.115. The van der Waals surface area contributed by atoms with Crippen LogP contribution in [-0.2, 0) is 4.79 Å². The maximum Gasteiger partial charge on any atom is 0.264 e. The normalized spacial score (nSPS) is 17.0. The molecule has 128 valence electrons. The number of aliphatic imine (C=N–C) groups is 1. The van der Waals surface area contributed by atoms with Crippen molar-refractivity contribution in [2.45, 2.75) is 0 Å². The number of amides is 1. The van der Waals surface area contributed by atoms with E-state index in [9.17, 15) is 9.90 Å². The second-order valence-electron chi connectivity index (χ2n) is 5.08. The van der Waals surface area contributed by atoms with E-state index >= 15 is 0 Å². The van der Waals surface area contributed by atoms with Crippen LogP contribution in [-0.4, -0.2) is 30.4 Å². The molecule has 1 amide bonds. The van der Waals surface area contributed by atoms with E-state index in [1.54, 1.807) is 44.6 Å². The average molecular weight is 356 g/mol. The first kappa shape index (κ1) is 16.9. The summed E-state index contributed by atoms with van der Waals surface area (Å²) in [6.45, 7) is 0. The number of nitrogens with zero attached hydrogens (tertiary/aromatic N) is 1. The van der Waals surface area contributed by atoms with Crippen LogP contribution in [0.15, 0.2) is 52.4 Å². The molecule has 0 atom stereocenters. The number of carbonyl (C=O) groups excluding carboxylic acids is 1. The van der Waals surface area contributed by atoms with Gasteiger partial charge in [-0.2, -0.15) is 0 Å². The molecule has 0 spiro atoms. The maximum atomic E-state index is 12.2. The van der Waals surface area contributed by atoms with Gasteiger partial charge in [0.2, 0.25) is 0 Å². The molecule has 2 aromatic rings. The molecule has 2 N–H and O–H groups in total. The van der Waals surface area contributed by atoms with E-state index in [1.165, 1.54) is 17.8 Å². The fourth-order valence-electron chi connectivity index (χ4n) is 2.23. The Morgan fingerprint density at radius 1 is 1.16 bits per heavy atom. The minimum Gasteiger partial charge on any atom is -0.507 e. The van der Waals surface area contributed by atoms with Gasteiger partial charge < -0.3 is 19.9 Å². The largest absolute Gasteiger partial charge is 0.507 e. The molecule has 3 rings (SSSR count). The molecule has 7 heteroatoms. The molecule has 0 radical (unpaired) electrons. The van der Waals surface area contributed by atoms with Crippen LogP contribution in [0.2, 0.25) is 0 Å². The molecule has 2 aromatic carbocycles. The predicted molar refractivity (Wildman–Crippen MR) is 98.5 cm³/mol. The number of benzene rings is 2. The van der Waals surface area contributed by atoms with Crippen molar-refractivity contribution in [1.82, 2.24) is 5.32 Å². The number of hydrogen-bond donors (Lipinski definition) is 2. The van der Waals surface area contributed by atoms with Crippen molar-refractivity contribution in [2.24, 2.45) is 4.99 Å². The molecule has 1 fully saturated rings. The summed E-state index contributed by atoms with van der Waals surface area (Å²) < 4.78 is 10.4. The Morgan fingerprint density at radius 2 is 1.96 bits per heavy atom. The van der Waals surface area contributed by atoms with Gasteiger partial charge in [0.1, 0.15) is 22.9 Å². The highest BCUT2D eigenvalue weighted by Gasteiger charge is 2.24. The van der Waals surface area contributed by atoms with Crippen LogP contribution in [0.3, 0.4) is 0 Å². The van der Waals surface area contributed by atoms with Crippen LogP contribution in [0, 0.1) is 0 Å². The predicted octanol–water partition coefficient (Wildman–Crippen LogP) is 3.30. The molecule has 0 aliphatic carbocycles. The average Bonchev–Trinajstić information content (AvgIpc) is 2.96.